The van der Waals surface area contributed by atoms with Crippen LogP contribution in [0.2, 0.25) is 15.1 Å². The molecule has 0 fully saturated rings. The predicted octanol–water partition coefficient (Wildman–Crippen LogP) is 3.90. The van der Waals surface area contributed by atoms with Crippen LogP contribution in [0.25, 0.3) is 0 Å². The van der Waals surface area contributed by atoms with Gasteiger partial charge in [-0.2, -0.15) is 0 Å². The quantitative estimate of drug-likeness (QED) is 0.819. The summed E-state index contributed by atoms with van der Waals surface area (Å²) >= 11 is 17.4. The Labute approximate surface area is 142 Å². The molecule has 0 spiro atoms. The van der Waals surface area contributed by atoms with E-state index < -0.39 is 11.8 Å². The van der Waals surface area contributed by atoms with Crippen molar-refractivity contribution >= 4 is 52.3 Å². The maximum Gasteiger partial charge on any atom is 0.313 e. The van der Waals surface area contributed by atoms with Crippen LogP contribution in [0.1, 0.15) is 5.56 Å². The van der Waals surface area contributed by atoms with E-state index in [-0.39, 0.29) is 11.6 Å². The Kier molecular flexibility index (Phi) is 5.66. The van der Waals surface area contributed by atoms with E-state index in [1.54, 1.807) is 30.3 Å². The molecule has 2 N–H and O–H groups in total. The van der Waals surface area contributed by atoms with Gasteiger partial charge < -0.3 is 10.6 Å². The lowest BCUT2D eigenvalue weighted by molar-refractivity contribution is -0.136. The average Bonchev–Trinajstić information content (AvgIpc) is 2.49. The SMILES string of the molecule is O=C(NCc1ccc(Cl)cc1)C(=O)Nc1ccc(Cl)cc1Cl. The molecule has 0 aromatic heterocycles. The molecule has 2 amide bonds. The second-order valence-corrected chi connectivity index (χ2v) is 5.67. The van der Waals surface area contributed by atoms with Gasteiger partial charge in [-0.3, -0.25) is 9.59 Å². The molecule has 0 aliphatic carbocycles. The first-order chi connectivity index (χ1) is 10.5. The van der Waals surface area contributed by atoms with E-state index in [0.717, 1.165) is 5.56 Å². The summed E-state index contributed by atoms with van der Waals surface area (Å²) in [7, 11) is 0. The van der Waals surface area contributed by atoms with Crippen molar-refractivity contribution in [2.24, 2.45) is 0 Å². The Morgan fingerprint density at radius 3 is 2.14 bits per heavy atom. The first kappa shape index (κ1) is 16.6. The topological polar surface area (TPSA) is 58.2 Å². The van der Waals surface area contributed by atoms with Crippen LogP contribution in [-0.2, 0) is 16.1 Å². The maximum absolute atomic E-state index is 11.8. The van der Waals surface area contributed by atoms with Crippen LogP contribution in [0.4, 0.5) is 5.69 Å². The van der Waals surface area contributed by atoms with Gasteiger partial charge in [-0.1, -0.05) is 46.9 Å². The molecular weight excluding hydrogens is 347 g/mol. The van der Waals surface area contributed by atoms with Crippen molar-refractivity contribution < 1.29 is 9.59 Å². The van der Waals surface area contributed by atoms with Crippen molar-refractivity contribution in [3.63, 3.8) is 0 Å². The Hall–Kier alpha value is -1.75. The highest BCUT2D eigenvalue weighted by molar-refractivity contribution is 6.42. The zero-order valence-corrected chi connectivity index (χ0v) is 13.5. The number of benzene rings is 2. The fraction of sp³-hybridized carbons (Fsp3) is 0.0667. The third-order valence-corrected chi connectivity index (χ3v) is 3.55. The number of hydrogen-bond donors (Lipinski definition) is 2. The van der Waals surface area contributed by atoms with Gasteiger partial charge in [0.05, 0.1) is 10.7 Å². The fourth-order valence-corrected chi connectivity index (χ4v) is 2.22. The van der Waals surface area contributed by atoms with Crippen LogP contribution in [0.3, 0.4) is 0 Å². The highest BCUT2D eigenvalue weighted by atomic mass is 35.5. The molecule has 0 aliphatic rings. The average molecular weight is 358 g/mol. The van der Waals surface area contributed by atoms with Gasteiger partial charge in [-0.15, -0.1) is 0 Å². The van der Waals surface area contributed by atoms with E-state index in [0.29, 0.717) is 15.7 Å². The minimum atomic E-state index is -0.807. The zero-order valence-electron chi connectivity index (χ0n) is 11.2. The molecule has 0 radical (unpaired) electrons. The van der Waals surface area contributed by atoms with Crippen LogP contribution >= 0.6 is 34.8 Å². The Morgan fingerprint density at radius 2 is 1.50 bits per heavy atom. The molecule has 0 atom stereocenters. The summed E-state index contributed by atoms with van der Waals surface area (Å²) in [5.74, 6) is -1.57. The van der Waals surface area contributed by atoms with E-state index in [1.807, 2.05) is 0 Å². The number of carbonyl (C=O) groups is 2. The normalized spacial score (nSPS) is 10.1. The van der Waals surface area contributed by atoms with Crippen LogP contribution in [0.15, 0.2) is 42.5 Å². The molecule has 4 nitrogen and oxygen atoms in total. The molecule has 22 heavy (non-hydrogen) atoms. The molecule has 2 rings (SSSR count). The number of carbonyl (C=O) groups excluding carboxylic acids is 2. The summed E-state index contributed by atoms with van der Waals surface area (Å²) in [6.45, 7) is 0.220. The third kappa shape index (κ3) is 4.63. The first-order valence-electron chi connectivity index (χ1n) is 6.24. The summed E-state index contributed by atoms with van der Waals surface area (Å²) in [4.78, 5) is 23.5. The molecule has 0 saturated carbocycles. The number of rotatable bonds is 3. The largest absolute Gasteiger partial charge is 0.344 e. The lowest BCUT2D eigenvalue weighted by Crippen LogP contribution is -2.35. The number of hydrogen-bond acceptors (Lipinski definition) is 2. The minimum absolute atomic E-state index is 0.220. The molecule has 0 unspecified atom stereocenters. The molecular formula is C15H11Cl3N2O2. The monoisotopic (exact) mass is 356 g/mol. The molecule has 0 saturated heterocycles. The van der Waals surface area contributed by atoms with Gasteiger partial charge >= 0.3 is 11.8 Å². The standard InChI is InChI=1S/C15H11Cl3N2O2/c16-10-3-1-9(2-4-10)8-19-14(21)15(22)20-13-6-5-11(17)7-12(13)18/h1-7H,8H2,(H,19,21)(H,20,22). The smallest absolute Gasteiger partial charge is 0.313 e. The lowest BCUT2D eigenvalue weighted by Gasteiger charge is -2.08. The summed E-state index contributed by atoms with van der Waals surface area (Å²) < 4.78 is 0. The van der Waals surface area contributed by atoms with Gasteiger partial charge in [0.15, 0.2) is 0 Å². The van der Waals surface area contributed by atoms with Crippen LogP contribution in [0, 0.1) is 0 Å². The first-order valence-corrected chi connectivity index (χ1v) is 7.38. The molecule has 0 heterocycles. The zero-order chi connectivity index (χ0) is 16.1. The van der Waals surface area contributed by atoms with E-state index in [4.69, 9.17) is 34.8 Å². The van der Waals surface area contributed by atoms with Crippen molar-refractivity contribution in [3.8, 4) is 0 Å². The van der Waals surface area contributed by atoms with Crippen LogP contribution < -0.4 is 10.6 Å². The third-order valence-electron chi connectivity index (χ3n) is 2.75. The van der Waals surface area contributed by atoms with Crippen LogP contribution in [-0.4, -0.2) is 11.8 Å². The van der Waals surface area contributed by atoms with Crippen molar-refractivity contribution in [1.29, 1.82) is 0 Å². The van der Waals surface area contributed by atoms with E-state index in [1.165, 1.54) is 12.1 Å². The minimum Gasteiger partial charge on any atom is -0.344 e. The van der Waals surface area contributed by atoms with E-state index >= 15 is 0 Å². The van der Waals surface area contributed by atoms with Crippen molar-refractivity contribution in [2.75, 3.05) is 5.32 Å². The molecule has 7 heteroatoms. The van der Waals surface area contributed by atoms with Gasteiger partial charge in [-0.05, 0) is 35.9 Å². The lowest BCUT2D eigenvalue weighted by atomic mass is 10.2. The number of halogens is 3. The van der Waals surface area contributed by atoms with E-state index in [9.17, 15) is 9.59 Å². The summed E-state index contributed by atoms with van der Waals surface area (Å²) in [6.07, 6.45) is 0. The second-order valence-electron chi connectivity index (χ2n) is 4.39. The fourth-order valence-electron chi connectivity index (χ4n) is 1.63. The van der Waals surface area contributed by atoms with Crippen LogP contribution in [0.5, 0.6) is 0 Å². The molecule has 114 valence electrons. The summed E-state index contributed by atoms with van der Waals surface area (Å²) in [5, 5.41) is 6.22. The van der Waals surface area contributed by atoms with Gasteiger partial charge in [-0.25, -0.2) is 0 Å². The second kappa shape index (κ2) is 7.49. The molecule has 0 bridgehead atoms. The van der Waals surface area contributed by atoms with Crippen molar-refractivity contribution in [2.45, 2.75) is 6.54 Å². The maximum atomic E-state index is 11.8. The van der Waals surface area contributed by atoms with Gasteiger partial charge in [0.2, 0.25) is 0 Å². The molecule has 0 aliphatic heterocycles. The molecule has 2 aromatic rings. The Morgan fingerprint density at radius 1 is 0.864 bits per heavy atom. The highest BCUT2D eigenvalue weighted by Crippen LogP contribution is 2.25. The number of anilines is 1. The number of amides is 2. The summed E-state index contributed by atoms with van der Waals surface area (Å²) in [5.41, 5.74) is 1.15. The highest BCUT2D eigenvalue weighted by Gasteiger charge is 2.14. The Balaban J connectivity index is 1.92. The van der Waals surface area contributed by atoms with E-state index in [2.05, 4.69) is 10.6 Å². The van der Waals surface area contributed by atoms with Crippen molar-refractivity contribution in [3.05, 3.63) is 63.1 Å². The van der Waals surface area contributed by atoms with Crippen molar-refractivity contribution in [1.82, 2.24) is 5.32 Å². The number of nitrogens with one attached hydrogen (secondary N) is 2. The Bertz CT molecular complexity index is 702. The van der Waals surface area contributed by atoms with Gasteiger partial charge in [0.1, 0.15) is 0 Å². The summed E-state index contributed by atoms with van der Waals surface area (Å²) in [6, 6.07) is 11.5. The predicted molar refractivity (Wildman–Crippen MR) is 88.4 cm³/mol. The van der Waals surface area contributed by atoms with Gasteiger partial charge in [0.25, 0.3) is 0 Å². The molecule has 2 aromatic carbocycles. The van der Waals surface area contributed by atoms with Gasteiger partial charge in [0, 0.05) is 16.6 Å².